The van der Waals surface area contributed by atoms with Crippen LogP contribution in [0.5, 0.6) is 0 Å². The van der Waals surface area contributed by atoms with Gasteiger partial charge in [-0.15, -0.1) is 0 Å². The van der Waals surface area contributed by atoms with Crippen LogP contribution in [0.15, 0.2) is 18.2 Å². The zero-order valence-electron chi connectivity index (χ0n) is 8.85. The monoisotopic (exact) mass is 177 g/mol. The summed E-state index contributed by atoms with van der Waals surface area (Å²) < 4.78 is 0. The summed E-state index contributed by atoms with van der Waals surface area (Å²) in [6.45, 7) is 7.28. The van der Waals surface area contributed by atoms with Crippen molar-refractivity contribution in [3.63, 3.8) is 0 Å². The van der Waals surface area contributed by atoms with E-state index in [0.717, 1.165) is 6.54 Å². The molecule has 0 aromatic heterocycles. The molecule has 1 N–H and O–H groups in total. The van der Waals surface area contributed by atoms with Crippen LogP contribution in [0.3, 0.4) is 0 Å². The third-order valence-corrected chi connectivity index (χ3v) is 2.20. The summed E-state index contributed by atoms with van der Waals surface area (Å²) in [4.78, 5) is 0. The maximum atomic E-state index is 3.39. The molecule has 1 aromatic rings. The van der Waals surface area contributed by atoms with Gasteiger partial charge in [0.1, 0.15) is 0 Å². The normalized spacial score (nSPS) is 13.5. The SMILES string of the molecule is CC.Cc1ccc2c(c1)CCCN2. The first-order valence-corrected chi connectivity index (χ1v) is 5.20. The van der Waals surface area contributed by atoms with Crippen molar-refractivity contribution in [3.8, 4) is 0 Å². The number of nitrogens with one attached hydrogen (secondary N) is 1. The zero-order chi connectivity index (χ0) is 9.68. The molecule has 0 aliphatic carbocycles. The second-order valence-electron chi connectivity index (χ2n) is 3.19. The summed E-state index contributed by atoms with van der Waals surface area (Å²) in [5.41, 5.74) is 4.19. The van der Waals surface area contributed by atoms with Gasteiger partial charge in [0.2, 0.25) is 0 Å². The second-order valence-corrected chi connectivity index (χ2v) is 3.19. The molecule has 0 spiro atoms. The molecule has 1 heteroatoms. The Morgan fingerprint density at radius 3 is 2.77 bits per heavy atom. The number of benzene rings is 1. The fraction of sp³-hybridized carbons (Fsp3) is 0.500. The number of hydrogen-bond donors (Lipinski definition) is 1. The Morgan fingerprint density at radius 1 is 1.23 bits per heavy atom. The molecular weight excluding hydrogens is 158 g/mol. The lowest BCUT2D eigenvalue weighted by atomic mass is 10.0. The molecule has 0 amide bonds. The van der Waals surface area contributed by atoms with Gasteiger partial charge in [-0.3, -0.25) is 0 Å². The summed E-state index contributed by atoms with van der Waals surface area (Å²) in [6.07, 6.45) is 2.51. The van der Waals surface area contributed by atoms with Gasteiger partial charge in [-0.1, -0.05) is 31.5 Å². The van der Waals surface area contributed by atoms with Crippen LogP contribution in [0.2, 0.25) is 0 Å². The summed E-state index contributed by atoms with van der Waals surface area (Å²) >= 11 is 0. The minimum atomic E-state index is 1.13. The highest BCUT2D eigenvalue weighted by Crippen LogP contribution is 2.22. The Hall–Kier alpha value is -0.980. The fourth-order valence-electron chi connectivity index (χ4n) is 1.60. The maximum absolute atomic E-state index is 3.39. The zero-order valence-corrected chi connectivity index (χ0v) is 8.85. The van der Waals surface area contributed by atoms with Crippen LogP contribution in [0.4, 0.5) is 5.69 Å². The largest absolute Gasteiger partial charge is 0.385 e. The minimum absolute atomic E-state index is 1.13. The van der Waals surface area contributed by atoms with Crippen LogP contribution in [0.25, 0.3) is 0 Å². The van der Waals surface area contributed by atoms with Crippen molar-refractivity contribution in [2.24, 2.45) is 0 Å². The van der Waals surface area contributed by atoms with E-state index < -0.39 is 0 Å². The molecule has 72 valence electrons. The van der Waals surface area contributed by atoms with Crippen LogP contribution in [-0.2, 0) is 6.42 Å². The Balaban J connectivity index is 0.000000396. The van der Waals surface area contributed by atoms with E-state index in [1.54, 1.807) is 0 Å². The van der Waals surface area contributed by atoms with Crippen LogP contribution in [0, 0.1) is 6.92 Å². The van der Waals surface area contributed by atoms with Crippen molar-refractivity contribution >= 4 is 5.69 Å². The van der Waals surface area contributed by atoms with Crippen molar-refractivity contribution in [2.45, 2.75) is 33.6 Å². The lowest BCUT2D eigenvalue weighted by Gasteiger charge is -2.17. The average Bonchev–Trinajstić information content (AvgIpc) is 2.21. The van der Waals surface area contributed by atoms with Crippen molar-refractivity contribution < 1.29 is 0 Å². The van der Waals surface area contributed by atoms with Gasteiger partial charge < -0.3 is 5.32 Å². The summed E-state index contributed by atoms with van der Waals surface area (Å²) in [7, 11) is 0. The van der Waals surface area contributed by atoms with E-state index in [-0.39, 0.29) is 0 Å². The van der Waals surface area contributed by atoms with Gasteiger partial charge in [-0.05, 0) is 31.4 Å². The summed E-state index contributed by atoms with van der Waals surface area (Å²) in [6, 6.07) is 6.63. The van der Waals surface area contributed by atoms with Crippen molar-refractivity contribution in [1.29, 1.82) is 0 Å². The lowest BCUT2D eigenvalue weighted by Crippen LogP contribution is -2.11. The predicted octanol–water partition coefficient (Wildman–Crippen LogP) is 3.38. The molecule has 2 rings (SSSR count). The van der Waals surface area contributed by atoms with Crippen LogP contribution >= 0.6 is 0 Å². The van der Waals surface area contributed by atoms with Crippen molar-refractivity contribution in [3.05, 3.63) is 29.3 Å². The third-order valence-electron chi connectivity index (χ3n) is 2.20. The fourth-order valence-corrected chi connectivity index (χ4v) is 1.60. The topological polar surface area (TPSA) is 12.0 Å². The lowest BCUT2D eigenvalue weighted by molar-refractivity contribution is 0.829. The number of fused-ring (bicyclic) bond motifs is 1. The van der Waals surface area contributed by atoms with Crippen LogP contribution in [-0.4, -0.2) is 6.54 Å². The summed E-state index contributed by atoms with van der Waals surface area (Å²) in [5.74, 6) is 0. The molecule has 1 aliphatic heterocycles. The Bertz CT molecular complexity index is 266. The molecule has 0 radical (unpaired) electrons. The first-order valence-electron chi connectivity index (χ1n) is 5.20. The number of rotatable bonds is 0. The minimum Gasteiger partial charge on any atom is -0.385 e. The van der Waals surface area contributed by atoms with E-state index in [1.807, 2.05) is 13.8 Å². The van der Waals surface area contributed by atoms with E-state index in [2.05, 4.69) is 30.4 Å². The molecule has 0 saturated heterocycles. The van der Waals surface area contributed by atoms with Crippen LogP contribution in [0.1, 0.15) is 31.4 Å². The standard InChI is InChI=1S/C10H13N.C2H6/c1-8-4-5-10-9(7-8)3-2-6-11-10;1-2/h4-5,7,11H,2-3,6H2,1H3;1-2H3. The smallest absolute Gasteiger partial charge is 0.0372 e. The Morgan fingerprint density at radius 2 is 2.00 bits per heavy atom. The molecule has 1 heterocycles. The average molecular weight is 177 g/mol. The van der Waals surface area contributed by atoms with Gasteiger partial charge in [0.15, 0.2) is 0 Å². The Kier molecular flexibility index (Phi) is 3.81. The molecule has 0 atom stereocenters. The third kappa shape index (κ3) is 2.48. The molecular formula is C12H19N. The molecule has 1 aliphatic rings. The van der Waals surface area contributed by atoms with E-state index >= 15 is 0 Å². The number of hydrogen-bond acceptors (Lipinski definition) is 1. The second kappa shape index (κ2) is 4.90. The van der Waals surface area contributed by atoms with E-state index in [9.17, 15) is 0 Å². The number of aryl methyl sites for hydroxylation is 2. The summed E-state index contributed by atoms with van der Waals surface area (Å²) in [5, 5.41) is 3.39. The molecule has 0 unspecified atom stereocenters. The van der Waals surface area contributed by atoms with E-state index in [4.69, 9.17) is 0 Å². The predicted molar refractivity (Wildman–Crippen MR) is 59.3 cm³/mol. The molecule has 0 bridgehead atoms. The van der Waals surface area contributed by atoms with Gasteiger partial charge in [0, 0.05) is 12.2 Å². The van der Waals surface area contributed by atoms with Gasteiger partial charge in [0.05, 0.1) is 0 Å². The first kappa shape index (κ1) is 10.1. The Labute approximate surface area is 81.2 Å². The van der Waals surface area contributed by atoms with Crippen LogP contribution < -0.4 is 5.32 Å². The van der Waals surface area contributed by atoms with Gasteiger partial charge in [-0.25, -0.2) is 0 Å². The molecule has 0 saturated carbocycles. The van der Waals surface area contributed by atoms with Gasteiger partial charge in [-0.2, -0.15) is 0 Å². The van der Waals surface area contributed by atoms with Gasteiger partial charge >= 0.3 is 0 Å². The van der Waals surface area contributed by atoms with E-state index in [0.29, 0.717) is 0 Å². The van der Waals surface area contributed by atoms with Crippen molar-refractivity contribution in [2.75, 3.05) is 11.9 Å². The number of anilines is 1. The molecule has 1 nitrogen and oxygen atoms in total. The van der Waals surface area contributed by atoms with Gasteiger partial charge in [0.25, 0.3) is 0 Å². The highest BCUT2D eigenvalue weighted by atomic mass is 14.9. The molecule has 1 aromatic carbocycles. The van der Waals surface area contributed by atoms with Crippen molar-refractivity contribution in [1.82, 2.24) is 0 Å². The quantitative estimate of drug-likeness (QED) is 0.640. The maximum Gasteiger partial charge on any atom is 0.0372 e. The highest BCUT2D eigenvalue weighted by molar-refractivity contribution is 5.54. The molecule has 0 fully saturated rings. The van der Waals surface area contributed by atoms with E-state index in [1.165, 1.54) is 29.7 Å². The molecule has 13 heavy (non-hydrogen) atoms. The highest BCUT2D eigenvalue weighted by Gasteiger charge is 2.06. The first-order chi connectivity index (χ1) is 6.36.